The van der Waals surface area contributed by atoms with Crippen molar-refractivity contribution < 1.29 is 14.3 Å². The van der Waals surface area contributed by atoms with Gasteiger partial charge in [0.1, 0.15) is 6.61 Å². The van der Waals surface area contributed by atoms with E-state index >= 15 is 0 Å². The van der Waals surface area contributed by atoms with Crippen LogP contribution in [0.5, 0.6) is 11.5 Å². The maximum Gasteiger partial charge on any atom is 0.254 e. The van der Waals surface area contributed by atoms with Gasteiger partial charge in [-0.1, -0.05) is 35.9 Å². The number of thiophene rings is 1. The van der Waals surface area contributed by atoms with Crippen LogP contribution in [0.2, 0.25) is 5.02 Å². The molecule has 1 amide bonds. The lowest BCUT2D eigenvalue weighted by atomic mass is 10.1. The van der Waals surface area contributed by atoms with Crippen LogP contribution < -0.4 is 9.47 Å². The van der Waals surface area contributed by atoms with Crippen LogP contribution in [-0.2, 0) is 13.2 Å². The molecule has 1 heterocycles. The molecule has 0 N–H and O–H groups in total. The minimum Gasteiger partial charge on any atom is -0.493 e. The van der Waals surface area contributed by atoms with Gasteiger partial charge in [-0.05, 0) is 47.3 Å². The minimum absolute atomic E-state index is 0.0825. The summed E-state index contributed by atoms with van der Waals surface area (Å²) in [5, 5.41) is 2.68. The van der Waals surface area contributed by atoms with Gasteiger partial charge in [0.05, 0.1) is 13.7 Å². The lowest BCUT2D eigenvalue weighted by Crippen LogP contribution is -2.30. The second-order valence-corrected chi connectivity index (χ2v) is 7.80. The van der Waals surface area contributed by atoms with Gasteiger partial charge in [-0.15, -0.1) is 17.9 Å². The van der Waals surface area contributed by atoms with Gasteiger partial charge in [-0.2, -0.15) is 0 Å². The molecule has 4 nitrogen and oxygen atoms in total. The van der Waals surface area contributed by atoms with E-state index in [9.17, 15) is 4.79 Å². The van der Waals surface area contributed by atoms with E-state index in [1.165, 1.54) is 0 Å². The van der Waals surface area contributed by atoms with E-state index in [4.69, 9.17) is 21.1 Å². The van der Waals surface area contributed by atoms with E-state index in [0.29, 0.717) is 41.8 Å². The van der Waals surface area contributed by atoms with Gasteiger partial charge in [0.15, 0.2) is 11.5 Å². The fraction of sp³-hybridized carbons (Fsp3) is 0.174. The molecule has 0 spiro atoms. The summed E-state index contributed by atoms with van der Waals surface area (Å²) in [5.41, 5.74) is 1.53. The summed E-state index contributed by atoms with van der Waals surface area (Å²) in [6.45, 7) is 5.15. The molecule has 150 valence electrons. The SMILES string of the molecule is C=CCN(Cc1cccs1)C(=O)c1ccc(OCc2ccc(Cl)cc2)c(OC)c1. The fourth-order valence-electron chi connectivity index (χ4n) is 2.81. The summed E-state index contributed by atoms with van der Waals surface area (Å²) in [6.07, 6.45) is 1.73. The Morgan fingerprint density at radius 1 is 1.17 bits per heavy atom. The first-order chi connectivity index (χ1) is 14.1. The van der Waals surface area contributed by atoms with E-state index in [0.717, 1.165) is 10.4 Å². The Kier molecular flexibility index (Phi) is 7.33. The standard InChI is InChI=1S/C23H22ClNO3S/c1-3-12-25(15-20-5-4-13-29-20)23(26)18-8-11-21(22(14-18)27-2)28-16-17-6-9-19(24)10-7-17/h3-11,13-14H,1,12,15-16H2,2H3. The zero-order valence-corrected chi connectivity index (χ0v) is 17.7. The van der Waals surface area contributed by atoms with Crippen LogP contribution >= 0.6 is 22.9 Å². The normalized spacial score (nSPS) is 10.4. The molecule has 0 aliphatic carbocycles. The number of amides is 1. The largest absolute Gasteiger partial charge is 0.493 e. The van der Waals surface area contributed by atoms with E-state index in [1.54, 1.807) is 47.6 Å². The van der Waals surface area contributed by atoms with E-state index in [-0.39, 0.29) is 5.91 Å². The first kappa shape index (κ1) is 21.0. The lowest BCUT2D eigenvalue weighted by Gasteiger charge is -2.21. The third kappa shape index (κ3) is 5.62. The van der Waals surface area contributed by atoms with Crippen molar-refractivity contribution >= 4 is 28.8 Å². The quantitative estimate of drug-likeness (QED) is 0.404. The molecule has 0 radical (unpaired) electrons. The van der Waals surface area contributed by atoms with Crippen LogP contribution in [0.25, 0.3) is 0 Å². The molecular formula is C23H22ClNO3S. The van der Waals surface area contributed by atoms with Crippen molar-refractivity contribution in [1.29, 1.82) is 0 Å². The van der Waals surface area contributed by atoms with E-state index in [2.05, 4.69) is 6.58 Å². The monoisotopic (exact) mass is 427 g/mol. The summed E-state index contributed by atoms with van der Waals surface area (Å²) in [4.78, 5) is 15.9. The first-order valence-corrected chi connectivity index (χ1v) is 10.3. The van der Waals surface area contributed by atoms with Crippen LogP contribution in [-0.4, -0.2) is 24.5 Å². The third-order valence-electron chi connectivity index (χ3n) is 4.28. The number of benzene rings is 2. The Balaban J connectivity index is 1.74. The molecule has 0 bridgehead atoms. The highest BCUT2D eigenvalue weighted by Gasteiger charge is 2.18. The van der Waals surface area contributed by atoms with Crippen LogP contribution in [0.3, 0.4) is 0 Å². The summed E-state index contributed by atoms with van der Waals surface area (Å²) >= 11 is 7.54. The Labute approximate surface area is 180 Å². The average molecular weight is 428 g/mol. The Morgan fingerprint density at radius 3 is 2.62 bits per heavy atom. The molecule has 1 aromatic heterocycles. The molecule has 6 heteroatoms. The smallest absolute Gasteiger partial charge is 0.254 e. The lowest BCUT2D eigenvalue weighted by molar-refractivity contribution is 0.0763. The predicted molar refractivity (Wildman–Crippen MR) is 118 cm³/mol. The Morgan fingerprint density at radius 2 is 1.97 bits per heavy atom. The number of ether oxygens (including phenoxy) is 2. The zero-order valence-electron chi connectivity index (χ0n) is 16.1. The zero-order chi connectivity index (χ0) is 20.6. The molecule has 0 fully saturated rings. The van der Waals surface area contributed by atoms with Gasteiger partial charge in [0.2, 0.25) is 0 Å². The summed E-state index contributed by atoms with van der Waals surface area (Å²) in [6, 6.07) is 16.7. The molecule has 3 rings (SSSR count). The van der Waals surface area contributed by atoms with Crippen LogP contribution in [0.4, 0.5) is 0 Å². The Hall–Kier alpha value is -2.76. The molecule has 3 aromatic rings. The van der Waals surface area contributed by atoms with Crippen molar-refractivity contribution in [3.8, 4) is 11.5 Å². The molecular weight excluding hydrogens is 406 g/mol. The third-order valence-corrected chi connectivity index (χ3v) is 5.39. The van der Waals surface area contributed by atoms with Gasteiger partial charge in [-0.3, -0.25) is 4.79 Å². The molecule has 0 aliphatic rings. The number of halogens is 1. The maximum atomic E-state index is 13.0. The average Bonchev–Trinajstić information content (AvgIpc) is 3.25. The number of rotatable bonds is 9. The van der Waals surface area contributed by atoms with Crippen molar-refractivity contribution in [3.05, 3.63) is 93.7 Å². The molecule has 2 aromatic carbocycles. The van der Waals surface area contributed by atoms with Gasteiger partial charge >= 0.3 is 0 Å². The van der Waals surface area contributed by atoms with Gasteiger partial charge in [0.25, 0.3) is 5.91 Å². The van der Waals surface area contributed by atoms with Crippen molar-refractivity contribution in [2.45, 2.75) is 13.2 Å². The number of carbonyl (C=O) groups excluding carboxylic acids is 1. The van der Waals surface area contributed by atoms with Crippen LogP contribution in [0.15, 0.2) is 72.6 Å². The summed E-state index contributed by atoms with van der Waals surface area (Å²) in [7, 11) is 1.56. The van der Waals surface area contributed by atoms with E-state index in [1.807, 2.05) is 41.8 Å². The van der Waals surface area contributed by atoms with Gasteiger partial charge in [0, 0.05) is 22.0 Å². The second kappa shape index (κ2) is 10.1. The summed E-state index contributed by atoms with van der Waals surface area (Å²) in [5.74, 6) is 1.01. The molecule has 0 atom stereocenters. The predicted octanol–water partition coefficient (Wildman–Crippen LogP) is 5.82. The molecule has 0 unspecified atom stereocenters. The van der Waals surface area contributed by atoms with Crippen LogP contribution in [0, 0.1) is 0 Å². The van der Waals surface area contributed by atoms with Crippen molar-refractivity contribution in [3.63, 3.8) is 0 Å². The maximum absolute atomic E-state index is 13.0. The fourth-order valence-corrected chi connectivity index (χ4v) is 3.66. The molecule has 0 saturated carbocycles. The highest BCUT2D eigenvalue weighted by atomic mass is 35.5. The van der Waals surface area contributed by atoms with Gasteiger partial charge < -0.3 is 14.4 Å². The molecule has 0 saturated heterocycles. The number of carbonyl (C=O) groups is 1. The van der Waals surface area contributed by atoms with Gasteiger partial charge in [-0.25, -0.2) is 0 Å². The first-order valence-electron chi connectivity index (χ1n) is 9.08. The number of hydrogen-bond donors (Lipinski definition) is 0. The molecule has 29 heavy (non-hydrogen) atoms. The number of methoxy groups -OCH3 is 1. The minimum atomic E-state index is -0.0825. The highest BCUT2D eigenvalue weighted by molar-refractivity contribution is 7.09. The Bertz CT molecular complexity index is 955. The topological polar surface area (TPSA) is 38.8 Å². The number of nitrogens with zero attached hydrogens (tertiary/aromatic N) is 1. The van der Waals surface area contributed by atoms with Crippen LogP contribution in [0.1, 0.15) is 20.8 Å². The summed E-state index contributed by atoms with van der Waals surface area (Å²) < 4.78 is 11.3. The molecule has 0 aliphatic heterocycles. The van der Waals surface area contributed by atoms with Crippen molar-refractivity contribution in [1.82, 2.24) is 4.90 Å². The van der Waals surface area contributed by atoms with Crippen molar-refractivity contribution in [2.75, 3.05) is 13.7 Å². The van der Waals surface area contributed by atoms with Crippen molar-refractivity contribution in [2.24, 2.45) is 0 Å². The highest BCUT2D eigenvalue weighted by Crippen LogP contribution is 2.30. The van der Waals surface area contributed by atoms with E-state index < -0.39 is 0 Å². The number of hydrogen-bond acceptors (Lipinski definition) is 4. The second-order valence-electron chi connectivity index (χ2n) is 6.33.